The van der Waals surface area contributed by atoms with Crippen molar-refractivity contribution in [3.63, 3.8) is 0 Å². The fourth-order valence-corrected chi connectivity index (χ4v) is 3.85. The maximum absolute atomic E-state index is 12.9. The minimum atomic E-state index is -0.823. The number of hydroxylamine groups is 2. The van der Waals surface area contributed by atoms with Gasteiger partial charge in [-0.05, 0) is 44.4 Å². The van der Waals surface area contributed by atoms with E-state index in [4.69, 9.17) is 29.5 Å². The number of nitrogen functional groups attached to an aromatic ring is 1. The summed E-state index contributed by atoms with van der Waals surface area (Å²) in [5, 5.41) is 1.13. The van der Waals surface area contributed by atoms with Gasteiger partial charge in [0.25, 0.3) is 5.91 Å². The molecular weight excluding hydrogens is 444 g/mol. The standard InChI is InChI=1S/C24H30N2O8/c1-6-31-22(28)19-15-10-8-14(9-11-16(15)20(21(19)25)23(29)32-7-2)12-17(27)26(30-5)18-13-33-24(3,4)34-18/h8-11,18H,6-7,12-13,25H2,1-5H3. The molecular formula is C24H30N2O8. The molecule has 0 aromatic carbocycles. The predicted octanol–water partition coefficient (Wildman–Crippen LogP) is 2.77. The molecule has 2 aliphatic carbocycles. The molecule has 1 atom stereocenters. The van der Waals surface area contributed by atoms with Crippen molar-refractivity contribution in [2.24, 2.45) is 0 Å². The molecule has 1 aliphatic heterocycles. The van der Waals surface area contributed by atoms with Crippen LogP contribution in [0.2, 0.25) is 0 Å². The summed E-state index contributed by atoms with van der Waals surface area (Å²) in [5.41, 5.74) is 7.83. The molecule has 1 amide bonds. The van der Waals surface area contributed by atoms with Gasteiger partial charge in [-0.2, -0.15) is 5.06 Å². The van der Waals surface area contributed by atoms with Crippen LogP contribution in [0.1, 0.15) is 54.0 Å². The second-order valence-corrected chi connectivity index (χ2v) is 8.04. The maximum Gasteiger partial charge on any atom is 0.340 e. The second kappa shape index (κ2) is 10.4. The van der Waals surface area contributed by atoms with Crippen molar-refractivity contribution in [1.82, 2.24) is 5.06 Å². The van der Waals surface area contributed by atoms with Crippen molar-refractivity contribution in [3.8, 4) is 11.1 Å². The number of amides is 1. The number of hydrogen-bond acceptors (Lipinski definition) is 9. The van der Waals surface area contributed by atoms with E-state index in [-0.39, 0.29) is 49.0 Å². The summed E-state index contributed by atoms with van der Waals surface area (Å²) in [7, 11) is 1.38. The number of fused-ring (bicyclic) bond motifs is 1. The number of rotatable bonds is 8. The molecule has 3 rings (SSSR count). The van der Waals surface area contributed by atoms with Gasteiger partial charge in [-0.1, -0.05) is 24.3 Å². The molecule has 2 N–H and O–H groups in total. The fraction of sp³-hybridized carbons (Fsp3) is 0.458. The van der Waals surface area contributed by atoms with Crippen molar-refractivity contribution in [3.05, 3.63) is 41.0 Å². The first kappa shape index (κ1) is 25.4. The van der Waals surface area contributed by atoms with E-state index in [1.807, 2.05) is 0 Å². The van der Waals surface area contributed by atoms with Crippen LogP contribution < -0.4 is 5.73 Å². The highest BCUT2D eigenvalue weighted by atomic mass is 16.8. The number of nitrogens with zero attached hydrogens (tertiary/aromatic N) is 1. The molecule has 34 heavy (non-hydrogen) atoms. The van der Waals surface area contributed by atoms with Gasteiger partial charge in [-0.25, -0.2) is 9.59 Å². The molecule has 184 valence electrons. The first-order valence-electron chi connectivity index (χ1n) is 11.0. The molecule has 1 fully saturated rings. The van der Waals surface area contributed by atoms with Crippen LogP contribution >= 0.6 is 0 Å². The number of esters is 2. The molecule has 1 unspecified atom stereocenters. The zero-order valence-electron chi connectivity index (χ0n) is 20.0. The lowest BCUT2D eigenvalue weighted by Gasteiger charge is -2.26. The lowest BCUT2D eigenvalue weighted by atomic mass is 10.1. The summed E-state index contributed by atoms with van der Waals surface area (Å²) < 4.78 is 21.5. The highest BCUT2D eigenvalue weighted by Crippen LogP contribution is 2.39. The third kappa shape index (κ3) is 5.14. The van der Waals surface area contributed by atoms with Crippen molar-refractivity contribution in [2.45, 2.75) is 46.1 Å². The van der Waals surface area contributed by atoms with Crippen molar-refractivity contribution in [2.75, 3.05) is 32.7 Å². The van der Waals surface area contributed by atoms with Crippen molar-refractivity contribution < 1.29 is 38.2 Å². The zero-order valence-corrected chi connectivity index (χ0v) is 20.0. The summed E-state index contributed by atoms with van der Waals surface area (Å²) >= 11 is 0. The Hall–Kier alpha value is -3.21. The monoisotopic (exact) mass is 474 g/mol. The minimum absolute atomic E-state index is 0.00211. The Bertz CT molecular complexity index is 996. The Morgan fingerprint density at radius 1 is 1.03 bits per heavy atom. The largest absolute Gasteiger partial charge is 0.462 e. The predicted molar refractivity (Wildman–Crippen MR) is 122 cm³/mol. The summed E-state index contributed by atoms with van der Waals surface area (Å²) in [6.45, 7) is 7.33. The first-order chi connectivity index (χ1) is 16.1. The lowest BCUT2D eigenvalue weighted by molar-refractivity contribution is -0.240. The Labute approximate surface area is 198 Å². The van der Waals surface area contributed by atoms with Crippen LogP contribution in [0.4, 0.5) is 5.69 Å². The minimum Gasteiger partial charge on any atom is -0.462 e. The molecule has 1 heterocycles. The van der Waals surface area contributed by atoms with Gasteiger partial charge in [0.1, 0.15) is 0 Å². The Morgan fingerprint density at radius 2 is 1.56 bits per heavy atom. The van der Waals surface area contributed by atoms with Gasteiger partial charge in [0.2, 0.25) is 0 Å². The molecule has 0 spiro atoms. The van der Waals surface area contributed by atoms with E-state index in [0.717, 1.165) is 5.06 Å². The molecule has 0 aromatic heterocycles. The average molecular weight is 475 g/mol. The maximum atomic E-state index is 12.9. The highest BCUT2D eigenvalue weighted by Gasteiger charge is 2.39. The molecule has 10 heteroatoms. The molecule has 0 aromatic rings. The van der Waals surface area contributed by atoms with Gasteiger partial charge < -0.3 is 24.7 Å². The van der Waals surface area contributed by atoms with Crippen LogP contribution in [0.5, 0.6) is 0 Å². The summed E-state index contributed by atoms with van der Waals surface area (Å²) in [6, 6.07) is 6.64. The van der Waals surface area contributed by atoms with E-state index in [1.165, 1.54) is 7.11 Å². The van der Waals surface area contributed by atoms with Gasteiger partial charge in [0.15, 0.2) is 12.0 Å². The molecule has 0 radical (unpaired) electrons. The molecule has 3 aliphatic rings. The second-order valence-electron chi connectivity index (χ2n) is 8.04. The van der Waals surface area contributed by atoms with E-state index in [1.54, 1.807) is 52.0 Å². The van der Waals surface area contributed by atoms with Crippen LogP contribution in [-0.2, 0) is 35.0 Å². The number of carbonyl (C=O) groups is 3. The number of ether oxygens (including phenoxy) is 4. The topological polar surface area (TPSA) is 127 Å². The molecule has 0 bridgehead atoms. The van der Waals surface area contributed by atoms with Gasteiger partial charge in [0, 0.05) is 0 Å². The molecule has 1 saturated heterocycles. The van der Waals surface area contributed by atoms with Gasteiger partial charge in [-0.3, -0.25) is 9.63 Å². The van der Waals surface area contributed by atoms with Crippen molar-refractivity contribution >= 4 is 23.5 Å². The Morgan fingerprint density at radius 3 is 1.97 bits per heavy atom. The Balaban J connectivity index is 1.96. The van der Waals surface area contributed by atoms with E-state index < -0.39 is 24.0 Å². The Kier molecular flexibility index (Phi) is 7.75. The third-order valence-corrected chi connectivity index (χ3v) is 5.31. The van der Waals surface area contributed by atoms with Crippen LogP contribution in [0.15, 0.2) is 24.3 Å². The summed E-state index contributed by atoms with van der Waals surface area (Å²) in [5.74, 6) is -2.46. The SMILES string of the molecule is CCOC(=O)c1c2ccc(CC(=O)N(OC)C3COC(C)(C)O3)ccc-2c(C(=O)OCC)c1N. The molecule has 10 nitrogen and oxygen atoms in total. The third-order valence-electron chi connectivity index (χ3n) is 5.31. The molecule has 0 saturated carbocycles. The fourth-order valence-electron chi connectivity index (χ4n) is 3.85. The van der Waals surface area contributed by atoms with Gasteiger partial charge >= 0.3 is 11.9 Å². The quantitative estimate of drug-likeness (QED) is 0.454. The first-order valence-corrected chi connectivity index (χ1v) is 11.0. The zero-order chi connectivity index (χ0) is 25.0. The van der Waals surface area contributed by atoms with Gasteiger partial charge in [0.05, 0.1) is 50.2 Å². The van der Waals surface area contributed by atoms with Crippen LogP contribution in [0, 0.1) is 0 Å². The normalized spacial score (nSPS) is 16.9. The van der Waals surface area contributed by atoms with Crippen LogP contribution in [0.25, 0.3) is 11.1 Å². The van der Waals surface area contributed by atoms with Gasteiger partial charge in [-0.15, -0.1) is 0 Å². The number of carbonyl (C=O) groups excluding carboxylic acids is 3. The van der Waals surface area contributed by atoms with Crippen LogP contribution in [0.3, 0.4) is 0 Å². The van der Waals surface area contributed by atoms with E-state index >= 15 is 0 Å². The summed E-state index contributed by atoms with van der Waals surface area (Å²) in [6.07, 6.45) is -0.707. The lowest BCUT2D eigenvalue weighted by Crippen LogP contribution is -2.42. The number of anilines is 1. The van der Waals surface area contributed by atoms with E-state index in [9.17, 15) is 14.4 Å². The van der Waals surface area contributed by atoms with E-state index in [0.29, 0.717) is 16.7 Å². The van der Waals surface area contributed by atoms with Crippen LogP contribution in [-0.4, -0.2) is 61.9 Å². The smallest absolute Gasteiger partial charge is 0.340 e. The summed E-state index contributed by atoms with van der Waals surface area (Å²) in [4.78, 5) is 43.4. The van der Waals surface area contributed by atoms with E-state index in [2.05, 4.69) is 0 Å². The number of nitrogens with two attached hydrogens (primary N) is 1. The van der Waals surface area contributed by atoms with Crippen molar-refractivity contribution in [1.29, 1.82) is 0 Å². The number of hydrogen-bond donors (Lipinski definition) is 1. The average Bonchev–Trinajstić information content (AvgIpc) is 3.18. The highest BCUT2D eigenvalue weighted by molar-refractivity contribution is 6.15.